The zero-order valence-electron chi connectivity index (χ0n) is 22.5. The second-order valence-electron chi connectivity index (χ2n) is 9.91. The maximum Gasteiger partial charge on any atom is 0.251 e. The van der Waals surface area contributed by atoms with Gasteiger partial charge >= 0.3 is 0 Å². The van der Waals surface area contributed by atoms with Gasteiger partial charge in [0.15, 0.2) is 15.6 Å². The fourth-order valence-corrected chi connectivity index (χ4v) is 6.49. The minimum atomic E-state index is -3.92. The number of nitrogens with zero attached hydrogens (tertiary/aromatic N) is 2. The summed E-state index contributed by atoms with van der Waals surface area (Å²) in [5, 5.41) is 2.67. The Kier molecular flexibility index (Phi) is 8.45. The number of amides is 1. The lowest BCUT2D eigenvalue weighted by atomic mass is 9.87. The van der Waals surface area contributed by atoms with Gasteiger partial charge in [-0.1, -0.05) is 42.5 Å². The van der Waals surface area contributed by atoms with Crippen molar-refractivity contribution in [1.82, 2.24) is 14.9 Å². The van der Waals surface area contributed by atoms with Gasteiger partial charge in [-0.15, -0.1) is 6.58 Å². The van der Waals surface area contributed by atoms with Crippen molar-refractivity contribution in [2.24, 2.45) is 0 Å². The van der Waals surface area contributed by atoms with Crippen molar-refractivity contribution < 1.29 is 22.7 Å². The molecule has 0 saturated carbocycles. The summed E-state index contributed by atoms with van der Waals surface area (Å²) in [4.78, 5) is 29.4. The summed E-state index contributed by atoms with van der Waals surface area (Å²) in [6, 6.07) is 19.1. The van der Waals surface area contributed by atoms with Crippen LogP contribution in [0.2, 0.25) is 0 Å². The maximum atomic E-state index is 13.8. The smallest absolute Gasteiger partial charge is 0.251 e. The van der Waals surface area contributed by atoms with Crippen molar-refractivity contribution in [2.75, 3.05) is 6.54 Å². The Morgan fingerprint density at radius 3 is 2.68 bits per heavy atom. The van der Waals surface area contributed by atoms with Gasteiger partial charge in [-0.2, -0.15) is 0 Å². The Morgan fingerprint density at radius 1 is 1.10 bits per heavy atom. The summed E-state index contributed by atoms with van der Waals surface area (Å²) in [7, 11) is -3.92. The van der Waals surface area contributed by atoms with Gasteiger partial charge < -0.3 is 14.6 Å². The zero-order chi connectivity index (χ0) is 28.8. The van der Waals surface area contributed by atoms with Crippen LogP contribution in [0, 0.1) is 0 Å². The number of rotatable bonds is 11. The topological polar surface area (TPSA) is 107 Å². The third-order valence-corrected chi connectivity index (χ3v) is 8.73. The predicted octanol–water partition coefficient (Wildman–Crippen LogP) is 5.11. The summed E-state index contributed by atoms with van der Waals surface area (Å²) in [5.41, 5.74) is 2.87. The van der Waals surface area contributed by atoms with Crippen molar-refractivity contribution in [3.8, 4) is 5.75 Å². The standard InChI is InChI=1S/C32H31N3O5S/c1-2-16-34-32(37)24-10-6-11-25(19-24)41(38,39)21-28-26-12-7-13-29(36)27(26)14-15-30(28)40-31(20-35-18-17-33-22-35)23-8-4-3-5-9-23/h2-6,8-11,14-15,17-19,22,31H,1,7,12-13,16,20-21H2,(H,34,37). The highest BCUT2D eigenvalue weighted by atomic mass is 32.2. The number of carbonyl (C=O) groups is 2. The minimum absolute atomic E-state index is 0.00430. The van der Waals surface area contributed by atoms with Crippen molar-refractivity contribution in [2.45, 2.75) is 42.6 Å². The number of ether oxygens (including phenoxy) is 1. The fourth-order valence-electron chi connectivity index (χ4n) is 5.04. The predicted molar refractivity (Wildman–Crippen MR) is 156 cm³/mol. The van der Waals surface area contributed by atoms with E-state index >= 15 is 0 Å². The molecule has 1 N–H and O–H groups in total. The molecule has 1 atom stereocenters. The van der Waals surface area contributed by atoms with E-state index in [-0.39, 0.29) is 34.4 Å². The third kappa shape index (κ3) is 6.47. The number of imidazole rings is 1. The number of nitrogens with one attached hydrogen (secondary N) is 1. The molecular formula is C32H31N3O5S. The van der Waals surface area contributed by atoms with Crippen LogP contribution in [0.5, 0.6) is 5.75 Å². The molecule has 1 amide bonds. The first kappa shape index (κ1) is 28.0. The summed E-state index contributed by atoms with van der Waals surface area (Å²) in [5.74, 6) is -0.353. The molecule has 9 heteroatoms. The van der Waals surface area contributed by atoms with E-state index in [1.165, 1.54) is 12.1 Å². The molecule has 1 unspecified atom stereocenters. The fraction of sp³-hybridized carbons (Fsp3) is 0.219. The lowest BCUT2D eigenvalue weighted by molar-refractivity contribution is 0.0954. The first-order valence-corrected chi connectivity index (χ1v) is 15.1. The summed E-state index contributed by atoms with van der Waals surface area (Å²) >= 11 is 0. The summed E-state index contributed by atoms with van der Waals surface area (Å²) in [6.07, 6.45) is 7.98. The molecule has 1 aliphatic carbocycles. The van der Waals surface area contributed by atoms with Crippen LogP contribution in [0.15, 0.2) is 103 Å². The number of benzene rings is 3. The number of hydrogen-bond donors (Lipinski definition) is 1. The Morgan fingerprint density at radius 2 is 1.93 bits per heavy atom. The van der Waals surface area contributed by atoms with Gasteiger partial charge in [0.2, 0.25) is 0 Å². The quantitative estimate of drug-likeness (QED) is 0.252. The van der Waals surface area contributed by atoms with E-state index < -0.39 is 15.9 Å². The number of ketones is 1. The van der Waals surface area contributed by atoms with Crippen LogP contribution in [0.3, 0.4) is 0 Å². The molecule has 1 aromatic heterocycles. The van der Waals surface area contributed by atoms with E-state index in [9.17, 15) is 18.0 Å². The number of aromatic nitrogens is 2. The van der Waals surface area contributed by atoms with Gasteiger partial charge in [0.25, 0.3) is 5.91 Å². The van der Waals surface area contributed by atoms with Gasteiger partial charge in [-0.25, -0.2) is 13.4 Å². The third-order valence-electron chi connectivity index (χ3n) is 7.09. The van der Waals surface area contributed by atoms with Crippen LogP contribution in [0.4, 0.5) is 0 Å². The van der Waals surface area contributed by atoms with Crippen LogP contribution in [-0.2, 0) is 28.6 Å². The van der Waals surface area contributed by atoms with Gasteiger partial charge in [-0.3, -0.25) is 9.59 Å². The van der Waals surface area contributed by atoms with Crippen LogP contribution >= 0.6 is 0 Å². The van der Waals surface area contributed by atoms with Crippen molar-refractivity contribution >= 4 is 21.5 Å². The molecule has 0 radical (unpaired) electrons. The largest absolute Gasteiger partial charge is 0.484 e. The Bertz CT molecular complexity index is 1660. The zero-order valence-corrected chi connectivity index (χ0v) is 23.3. The first-order valence-electron chi connectivity index (χ1n) is 13.4. The Balaban J connectivity index is 1.54. The average Bonchev–Trinajstić information content (AvgIpc) is 3.50. The molecule has 4 aromatic rings. The normalized spacial score (nSPS) is 13.7. The molecule has 41 heavy (non-hydrogen) atoms. The van der Waals surface area contributed by atoms with Crippen molar-refractivity contribution in [1.29, 1.82) is 0 Å². The van der Waals surface area contributed by atoms with Gasteiger partial charge in [0.1, 0.15) is 11.9 Å². The van der Waals surface area contributed by atoms with Crippen LogP contribution in [0.25, 0.3) is 0 Å². The maximum absolute atomic E-state index is 13.8. The molecule has 3 aromatic carbocycles. The van der Waals surface area contributed by atoms with Crippen molar-refractivity contribution in [3.05, 3.63) is 126 Å². The molecule has 0 aliphatic heterocycles. The molecule has 210 valence electrons. The van der Waals surface area contributed by atoms with Crippen LogP contribution in [-0.4, -0.2) is 36.2 Å². The van der Waals surface area contributed by atoms with Gasteiger partial charge in [0.05, 0.1) is 23.5 Å². The molecule has 0 bridgehead atoms. The van der Waals surface area contributed by atoms with Gasteiger partial charge in [0, 0.05) is 42.0 Å². The first-order chi connectivity index (χ1) is 19.9. The van der Waals surface area contributed by atoms with E-state index in [2.05, 4.69) is 16.9 Å². The highest BCUT2D eigenvalue weighted by molar-refractivity contribution is 7.90. The highest BCUT2D eigenvalue weighted by Gasteiger charge is 2.28. The number of Topliss-reactive ketones (excluding diaryl/α,β-unsaturated/α-hetero) is 1. The van der Waals surface area contributed by atoms with E-state index in [1.807, 2.05) is 41.1 Å². The number of carbonyl (C=O) groups excluding carboxylic acids is 2. The van der Waals surface area contributed by atoms with Crippen LogP contribution in [0.1, 0.15) is 56.4 Å². The second-order valence-corrected chi connectivity index (χ2v) is 11.9. The lowest BCUT2D eigenvalue weighted by Crippen LogP contribution is -2.23. The summed E-state index contributed by atoms with van der Waals surface area (Å²) < 4.78 is 36.1. The average molecular weight is 570 g/mol. The van der Waals surface area contributed by atoms with Crippen molar-refractivity contribution in [3.63, 3.8) is 0 Å². The number of hydrogen-bond acceptors (Lipinski definition) is 6. The second kappa shape index (κ2) is 12.3. The molecule has 1 heterocycles. The molecule has 5 rings (SSSR count). The molecule has 1 aliphatic rings. The number of fused-ring (bicyclic) bond motifs is 1. The molecule has 8 nitrogen and oxygen atoms in total. The van der Waals surface area contributed by atoms with Gasteiger partial charge in [-0.05, 0) is 54.3 Å². The molecule has 0 spiro atoms. The van der Waals surface area contributed by atoms with Crippen LogP contribution < -0.4 is 10.1 Å². The Labute approximate surface area is 239 Å². The monoisotopic (exact) mass is 569 g/mol. The van der Waals surface area contributed by atoms with E-state index in [0.29, 0.717) is 48.2 Å². The molecule has 0 saturated heterocycles. The number of sulfone groups is 1. The molecular weight excluding hydrogens is 538 g/mol. The highest BCUT2D eigenvalue weighted by Crippen LogP contribution is 2.36. The van der Waals surface area contributed by atoms with E-state index in [1.54, 1.807) is 42.9 Å². The van der Waals surface area contributed by atoms with E-state index in [4.69, 9.17) is 4.74 Å². The minimum Gasteiger partial charge on any atom is -0.484 e. The van der Waals surface area contributed by atoms with E-state index in [0.717, 1.165) is 5.56 Å². The SMILES string of the molecule is C=CCNC(=O)c1cccc(S(=O)(=O)Cc2c(OC(Cn3ccnc3)c3ccccc3)ccc3c2CCCC3=O)c1. The summed E-state index contributed by atoms with van der Waals surface area (Å²) in [6.45, 7) is 4.31. The molecule has 0 fully saturated rings. The Hall–Kier alpha value is -4.50. The lowest BCUT2D eigenvalue weighted by Gasteiger charge is -2.26.